The summed E-state index contributed by atoms with van der Waals surface area (Å²) in [7, 11) is 2.04. The summed E-state index contributed by atoms with van der Waals surface area (Å²) in [5.41, 5.74) is 6.57. The second kappa shape index (κ2) is 5.82. The van der Waals surface area contributed by atoms with E-state index in [9.17, 15) is 0 Å². The number of benzene rings is 2. The van der Waals surface area contributed by atoms with Crippen LogP contribution in [0.5, 0.6) is 0 Å². The smallest absolute Gasteiger partial charge is 0.155 e. The summed E-state index contributed by atoms with van der Waals surface area (Å²) in [6.45, 7) is 0. The lowest BCUT2D eigenvalue weighted by atomic mass is 10.1. The molecular formula is C22H15N5. The van der Waals surface area contributed by atoms with E-state index in [1.807, 2.05) is 48.1 Å². The van der Waals surface area contributed by atoms with Gasteiger partial charge in [0, 0.05) is 41.5 Å². The summed E-state index contributed by atoms with van der Waals surface area (Å²) in [6.07, 6.45) is 7.70. The molecular weight excluding hydrogens is 334 g/mol. The number of hydrogen-bond acceptors (Lipinski definition) is 3. The Bertz CT molecular complexity index is 1330. The Morgan fingerprint density at radius 3 is 2.56 bits per heavy atom. The SMILES string of the molecule is Cn1ccc2cc(-c3cn4c(-c5ccc(C#N)cc5)cnc4cn3)ccc21. The van der Waals surface area contributed by atoms with E-state index in [2.05, 4.69) is 51.1 Å². The normalized spacial score (nSPS) is 11.1. The lowest BCUT2D eigenvalue weighted by molar-refractivity contribution is 0.969. The summed E-state index contributed by atoms with van der Waals surface area (Å²) in [6, 6.07) is 18.1. The van der Waals surface area contributed by atoms with E-state index in [4.69, 9.17) is 5.26 Å². The van der Waals surface area contributed by atoms with Crippen molar-refractivity contribution in [3.8, 4) is 28.6 Å². The van der Waals surface area contributed by atoms with Gasteiger partial charge in [-0.25, -0.2) is 4.98 Å². The monoisotopic (exact) mass is 349 g/mol. The third kappa shape index (κ3) is 2.47. The van der Waals surface area contributed by atoms with Crippen molar-refractivity contribution in [1.82, 2.24) is 18.9 Å². The maximum atomic E-state index is 8.99. The first kappa shape index (κ1) is 15.4. The lowest BCUT2D eigenvalue weighted by Crippen LogP contribution is -1.93. The maximum absolute atomic E-state index is 8.99. The predicted octanol–water partition coefficient (Wildman–Crippen LogP) is 4.43. The van der Waals surface area contributed by atoms with Crippen LogP contribution in [-0.4, -0.2) is 18.9 Å². The van der Waals surface area contributed by atoms with E-state index >= 15 is 0 Å². The van der Waals surface area contributed by atoms with Gasteiger partial charge in [-0.2, -0.15) is 5.26 Å². The predicted molar refractivity (Wildman–Crippen MR) is 105 cm³/mol. The van der Waals surface area contributed by atoms with Crippen LogP contribution in [-0.2, 0) is 7.05 Å². The van der Waals surface area contributed by atoms with Crippen LogP contribution >= 0.6 is 0 Å². The van der Waals surface area contributed by atoms with Crippen molar-refractivity contribution in [1.29, 1.82) is 5.26 Å². The van der Waals surface area contributed by atoms with Crippen LogP contribution in [0.15, 0.2) is 73.3 Å². The molecule has 5 nitrogen and oxygen atoms in total. The molecule has 0 bridgehead atoms. The van der Waals surface area contributed by atoms with E-state index < -0.39 is 0 Å². The van der Waals surface area contributed by atoms with Gasteiger partial charge in [0.25, 0.3) is 0 Å². The molecule has 5 rings (SSSR count). The van der Waals surface area contributed by atoms with Crippen molar-refractivity contribution in [2.45, 2.75) is 0 Å². The third-order valence-corrected chi connectivity index (χ3v) is 4.89. The number of nitriles is 1. The molecule has 0 amide bonds. The number of nitrogens with zero attached hydrogens (tertiary/aromatic N) is 5. The van der Waals surface area contributed by atoms with Crippen molar-refractivity contribution in [2.75, 3.05) is 0 Å². The Labute approximate surface area is 155 Å². The van der Waals surface area contributed by atoms with Gasteiger partial charge in [0.15, 0.2) is 5.65 Å². The highest BCUT2D eigenvalue weighted by molar-refractivity contribution is 5.85. The zero-order valence-electron chi connectivity index (χ0n) is 14.7. The zero-order valence-corrected chi connectivity index (χ0v) is 14.7. The molecule has 0 radical (unpaired) electrons. The van der Waals surface area contributed by atoms with E-state index in [1.54, 1.807) is 6.20 Å². The van der Waals surface area contributed by atoms with E-state index in [0.29, 0.717) is 5.56 Å². The molecule has 128 valence electrons. The molecule has 0 unspecified atom stereocenters. The summed E-state index contributed by atoms with van der Waals surface area (Å²) >= 11 is 0. The molecule has 0 N–H and O–H groups in total. The summed E-state index contributed by atoms with van der Waals surface area (Å²) in [4.78, 5) is 9.05. The molecule has 5 aromatic rings. The molecule has 3 heterocycles. The van der Waals surface area contributed by atoms with E-state index in [0.717, 1.165) is 28.2 Å². The van der Waals surface area contributed by atoms with Gasteiger partial charge < -0.3 is 4.57 Å². The van der Waals surface area contributed by atoms with Gasteiger partial charge in [0.05, 0.1) is 35.4 Å². The van der Waals surface area contributed by atoms with Gasteiger partial charge in [-0.1, -0.05) is 18.2 Å². The zero-order chi connectivity index (χ0) is 18.4. The van der Waals surface area contributed by atoms with Crippen molar-refractivity contribution in [3.63, 3.8) is 0 Å². The molecule has 0 fully saturated rings. The number of aryl methyl sites for hydroxylation is 1. The molecule has 0 saturated heterocycles. The molecule has 3 aromatic heterocycles. The van der Waals surface area contributed by atoms with Crippen molar-refractivity contribution in [3.05, 3.63) is 78.9 Å². The highest BCUT2D eigenvalue weighted by atomic mass is 15.0. The number of aromatic nitrogens is 4. The quantitative estimate of drug-likeness (QED) is 0.474. The molecule has 0 aliphatic rings. The van der Waals surface area contributed by atoms with Gasteiger partial charge in [-0.3, -0.25) is 9.38 Å². The Morgan fingerprint density at radius 2 is 1.74 bits per heavy atom. The fourth-order valence-corrected chi connectivity index (χ4v) is 3.41. The largest absolute Gasteiger partial charge is 0.351 e. The average Bonchev–Trinajstić information content (AvgIpc) is 3.31. The van der Waals surface area contributed by atoms with E-state index in [1.165, 1.54) is 10.9 Å². The molecule has 27 heavy (non-hydrogen) atoms. The van der Waals surface area contributed by atoms with Gasteiger partial charge in [-0.15, -0.1) is 0 Å². The Kier molecular flexibility index (Phi) is 3.31. The number of rotatable bonds is 2. The Morgan fingerprint density at radius 1 is 0.926 bits per heavy atom. The topological polar surface area (TPSA) is 58.9 Å². The first-order chi connectivity index (χ1) is 13.2. The molecule has 5 heteroatoms. The second-order valence-corrected chi connectivity index (χ2v) is 6.53. The van der Waals surface area contributed by atoms with Crippen LogP contribution in [0.25, 0.3) is 39.1 Å². The van der Waals surface area contributed by atoms with Crippen LogP contribution in [0.1, 0.15) is 5.56 Å². The average molecular weight is 349 g/mol. The minimum Gasteiger partial charge on any atom is -0.351 e. The van der Waals surface area contributed by atoms with Crippen LogP contribution in [0.3, 0.4) is 0 Å². The Balaban J connectivity index is 1.64. The van der Waals surface area contributed by atoms with Crippen molar-refractivity contribution < 1.29 is 0 Å². The van der Waals surface area contributed by atoms with Gasteiger partial charge in [0.1, 0.15) is 0 Å². The number of hydrogen-bond donors (Lipinski definition) is 0. The third-order valence-electron chi connectivity index (χ3n) is 4.89. The fraction of sp³-hybridized carbons (Fsp3) is 0.0455. The number of fused-ring (bicyclic) bond motifs is 2. The van der Waals surface area contributed by atoms with Gasteiger partial charge in [0.2, 0.25) is 0 Å². The fourth-order valence-electron chi connectivity index (χ4n) is 3.41. The van der Waals surface area contributed by atoms with Crippen LogP contribution in [0.2, 0.25) is 0 Å². The molecule has 0 atom stereocenters. The molecule has 0 spiro atoms. The second-order valence-electron chi connectivity index (χ2n) is 6.53. The molecule has 2 aromatic carbocycles. The summed E-state index contributed by atoms with van der Waals surface area (Å²) < 4.78 is 4.15. The summed E-state index contributed by atoms with van der Waals surface area (Å²) in [5, 5.41) is 10.2. The van der Waals surface area contributed by atoms with E-state index in [-0.39, 0.29) is 0 Å². The van der Waals surface area contributed by atoms with Gasteiger partial charge in [-0.05, 0) is 30.3 Å². The molecule has 0 aliphatic heterocycles. The minimum absolute atomic E-state index is 0.645. The molecule has 0 saturated carbocycles. The Hall–Kier alpha value is -3.91. The van der Waals surface area contributed by atoms with Crippen LogP contribution < -0.4 is 0 Å². The molecule has 0 aliphatic carbocycles. The highest BCUT2D eigenvalue weighted by Gasteiger charge is 2.09. The lowest BCUT2D eigenvalue weighted by Gasteiger charge is -2.06. The number of imidazole rings is 1. The first-order valence-corrected chi connectivity index (χ1v) is 8.62. The highest BCUT2D eigenvalue weighted by Crippen LogP contribution is 2.26. The first-order valence-electron chi connectivity index (χ1n) is 8.62. The minimum atomic E-state index is 0.645. The van der Waals surface area contributed by atoms with Gasteiger partial charge >= 0.3 is 0 Å². The van der Waals surface area contributed by atoms with Crippen molar-refractivity contribution >= 4 is 16.6 Å². The summed E-state index contributed by atoms with van der Waals surface area (Å²) in [5.74, 6) is 0. The van der Waals surface area contributed by atoms with Crippen molar-refractivity contribution in [2.24, 2.45) is 7.05 Å². The maximum Gasteiger partial charge on any atom is 0.155 e. The van der Waals surface area contributed by atoms with Crippen LogP contribution in [0, 0.1) is 11.3 Å². The standard InChI is InChI=1S/C22H15N5/c1-26-9-8-18-10-17(6-7-20(18)26)19-14-27-21(12-25-22(27)13-24-19)16-4-2-15(11-23)3-5-16/h2-10,12-14H,1H3. The van der Waals surface area contributed by atoms with Crippen LogP contribution in [0.4, 0.5) is 0 Å².